The Hall–Kier alpha value is -0.280. The molecule has 1 N–H and O–H groups in total. The van der Waals surface area contributed by atoms with Crippen LogP contribution in [0.15, 0.2) is 19.7 Å². The van der Waals surface area contributed by atoms with Crippen LogP contribution in [0.4, 0.5) is 5.13 Å². The normalized spacial score (nSPS) is 16.7. The second-order valence-corrected chi connectivity index (χ2v) is 9.87. The topological polar surface area (TPSA) is 45.2 Å². The first-order valence-electron chi connectivity index (χ1n) is 7.44. The van der Waals surface area contributed by atoms with Gasteiger partial charge in [-0.2, -0.15) is 0 Å². The fraction of sp³-hybridized carbons (Fsp3) is 0.467. The lowest BCUT2D eigenvalue weighted by atomic mass is 9.99. The highest BCUT2D eigenvalue weighted by atomic mass is 79.9. The van der Waals surface area contributed by atoms with Gasteiger partial charge in [-0.1, -0.05) is 6.92 Å². The summed E-state index contributed by atoms with van der Waals surface area (Å²) in [5.41, 5.74) is 1.04. The Morgan fingerprint density at radius 3 is 2.83 bits per heavy atom. The first kappa shape index (κ1) is 17.5. The maximum Gasteiger partial charge on any atom is 0.267 e. The van der Waals surface area contributed by atoms with Crippen molar-refractivity contribution in [1.82, 2.24) is 9.88 Å². The zero-order chi connectivity index (χ0) is 16.4. The van der Waals surface area contributed by atoms with Crippen molar-refractivity contribution in [2.24, 2.45) is 5.92 Å². The first-order valence-corrected chi connectivity index (χ1v) is 10.7. The van der Waals surface area contributed by atoms with Gasteiger partial charge in [-0.25, -0.2) is 4.98 Å². The predicted octanol–water partition coefficient (Wildman–Crippen LogP) is 5.21. The van der Waals surface area contributed by atoms with Crippen LogP contribution in [0.2, 0.25) is 0 Å². The van der Waals surface area contributed by atoms with Gasteiger partial charge in [0.1, 0.15) is 0 Å². The predicted molar refractivity (Wildman–Crippen MR) is 103 cm³/mol. The van der Waals surface area contributed by atoms with Crippen molar-refractivity contribution in [2.45, 2.75) is 26.3 Å². The van der Waals surface area contributed by atoms with Gasteiger partial charge in [0, 0.05) is 16.4 Å². The van der Waals surface area contributed by atoms with E-state index in [9.17, 15) is 4.79 Å². The lowest BCUT2D eigenvalue weighted by Crippen LogP contribution is -2.32. The summed E-state index contributed by atoms with van der Waals surface area (Å²) in [6, 6.07) is 1.81. The maximum absolute atomic E-state index is 12.2. The minimum absolute atomic E-state index is 0.117. The van der Waals surface area contributed by atoms with E-state index in [0.29, 0.717) is 10.0 Å². The van der Waals surface area contributed by atoms with Crippen LogP contribution in [0.3, 0.4) is 0 Å². The number of hydrogen-bond acceptors (Lipinski definition) is 5. The van der Waals surface area contributed by atoms with E-state index < -0.39 is 0 Å². The highest BCUT2D eigenvalue weighted by Gasteiger charge is 2.18. The number of carbonyl (C=O) groups excluding carboxylic acids is 1. The number of nitrogens with one attached hydrogen (secondary N) is 1. The van der Waals surface area contributed by atoms with E-state index in [1.54, 1.807) is 0 Å². The summed E-state index contributed by atoms with van der Waals surface area (Å²) in [4.78, 5) is 19.9. The van der Waals surface area contributed by atoms with Gasteiger partial charge in [0.15, 0.2) is 5.13 Å². The summed E-state index contributed by atoms with van der Waals surface area (Å²) >= 11 is 9.69. The summed E-state index contributed by atoms with van der Waals surface area (Å²) in [6.45, 7) is 5.46. The Bertz CT molecular complexity index is 673. The Kier molecular flexibility index (Phi) is 5.90. The Morgan fingerprint density at radius 2 is 2.17 bits per heavy atom. The maximum atomic E-state index is 12.2. The molecule has 1 aliphatic heterocycles. The van der Waals surface area contributed by atoms with E-state index in [-0.39, 0.29) is 5.91 Å². The molecule has 8 heteroatoms. The molecular weight excluding hydrogens is 462 g/mol. The molecule has 0 bridgehead atoms. The summed E-state index contributed by atoms with van der Waals surface area (Å²) in [5.74, 6) is 0.718. The van der Waals surface area contributed by atoms with Gasteiger partial charge in [0.25, 0.3) is 5.91 Å². The number of hydrogen-bond donors (Lipinski definition) is 1. The summed E-state index contributed by atoms with van der Waals surface area (Å²) in [7, 11) is 0. The molecule has 4 nitrogen and oxygen atoms in total. The van der Waals surface area contributed by atoms with Crippen LogP contribution in [-0.4, -0.2) is 28.9 Å². The zero-order valence-electron chi connectivity index (χ0n) is 12.6. The third-order valence-electron chi connectivity index (χ3n) is 3.90. The number of carbonyl (C=O) groups is 1. The average molecular weight is 479 g/mol. The van der Waals surface area contributed by atoms with Crippen LogP contribution in [0.1, 0.15) is 35.1 Å². The number of thiophene rings is 1. The van der Waals surface area contributed by atoms with Crippen LogP contribution in [0.5, 0.6) is 0 Å². The molecule has 3 heterocycles. The minimum Gasteiger partial charge on any atom is -0.297 e. The summed E-state index contributed by atoms with van der Waals surface area (Å²) in [6.07, 6.45) is 2.52. The molecule has 23 heavy (non-hydrogen) atoms. The molecule has 0 aliphatic carbocycles. The van der Waals surface area contributed by atoms with E-state index in [1.807, 2.05) is 11.4 Å². The molecule has 124 valence electrons. The van der Waals surface area contributed by atoms with Crippen molar-refractivity contribution in [2.75, 3.05) is 18.4 Å². The molecule has 0 aromatic carbocycles. The molecule has 2 aromatic rings. The zero-order valence-corrected chi connectivity index (χ0v) is 17.4. The number of thiazole rings is 1. The fourth-order valence-corrected chi connectivity index (χ4v) is 5.13. The number of piperidine rings is 1. The van der Waals surface area contributed by atoms with E-state index in [4.69, 9.17) is 0 Å². The lowest BCUT2D eigenvalue weighted by Gasteiger charge is -2.29. The van der Waals surface area contributed by atoms with Crippen molar-refractivity contribution in [3.63, 3.8) is 0 Å². The smallest absolute Gasteiger partial charge is 0.267 e. The molecule has 0 radical (unpaired) electrons. The highest BCUT2D eigenvalue weighted by Crippen LogP contribution is 2.33. The number of halogens is 2. The monoisotopic (exact) mass is 477 g/mol. The van der Waals surface area contributed by atoms with Gasteiger partial charge < -0.3 is 0 Å². The molecule has 0 saturated carbocycles. The van der Waals surface area contributed by atoms with Crippen LogP contribution in [-0.2, 0) is 6.54 Å². The van der Waals surface area contributed by atoms with Crippen molar-refractivity contribution < 1.29 is 4.79 Å². The van der Waals surface area contributed by atoms with Gasteiger partial charge >= 0.3 is 0 Å². The van der Waals surface area contributed by atoms with Gasteiger partial charge in [-0.05, 0) is 69.8 Å². The summed E-state index contributed by atoms with van der Waals surface area (Å²) < 4.78 is 1.81. The second kappa shape index (κ2) is 7.74. The van der Waals surface area contributed by atoms with Crippen molar-refractivity contribution in [3.05, 3.63) is 30.3 Å². The van der Waals surface area contributed by atoms with Gasteiger partial charge in [-0.15, -0.1) is 22.7 Å². The molecule has 1 fully saturated rings. The van der Waals surface area contributed by atoms with Crippen LogP contribution in [0.25, 0.3) is 0 Å². The molecule has 1 saturated heterocycles. The third-order valence-corrected chi connectivity index (χ3v) is 7.96. The summed E-state index contributed by atoms with van der Waals surface area (Å²) in [5, 5.41) is 5.58. The van der Waals surface area contributed by atoms with E-state index in [2.05, 4.69) is 54.0 Å². The number of likely N-dealkylation sites (tertiary alicyclic amines) is 1. The number of aromatic nitrogens is 1. The SMILES string of the molecule is CC1CCN(Cc2csc(NC(=O)c3cc(Br)c(Br)s3)n2)CC1. The van der Waals surface area contributed by atoms with Crippen molar-refractivity contribution in [3.8, 4) is 0 Å². The first-order chi connectivity index (χ1) is 11.0. The lowest BCUT2D eigenvalue weighted by molar-refractivity contribution is 0.103. The van der Waals surface area contributed by atoms with Crippen LogP contribution < -0.4 is 5.32 Å². The van der Waals surface area contributed by atoms with Gasteiger partial charge in [0.2, 0.25) is 0 Å². The molecule has 0 atom stereocenters. The number of anilines is 1. The molecule has 3 rings (SSSR count). The highest BCUT2D eigenvalue weighted by molar-refractivity contribution is 9.13. The number of nitrogens with zero attached hydrogens (tertiary/aromatic N) is 2. The van der Waals surface area contributed by atoms with Crippen LogP contribution in [0, 0.1) is 5.92 Å². The molecule has 1 amide bonds. The Labute approximate surface area is 160 Å². The van der Waals surface area contributed by atoms with E-state index in [0.717, 1.165) is 39.5 Å². The Morgan fingerprint density at radius 1 is 1.43 bits per heavy atom. The largest absolute Gasteiger partial charge is 0.297 e. The van der Waals surface area contributed by atoms with Gasteiger partial charge in [-0.3, -0.25) is 15.0 Å². The fourth-order valence-electron chi connectivity index (χ4n) is 2.50. The minimum atomic E-state index is -0.117. The molecule has 0 spiro atoms. The standard InChI is InChI=1S/C15H17Br2N3OS2/c1-9-2-4-20(5-3-9)7-10-8-22-15(18-10)19-14(21)12-6-11(16)13(17)23-12/h6,8-9H,2-5,7H2,1H3,(H,18,19,21). The quantitative estimate of drug-likeness (QED) is 0.655. The van der Waals surface area contributed by atoms with Crippen molar-refractivity contribution >= 4 is 65.6 Å². The molecule has 2 aromatic heterocycles. The van der Waals surface area contributed by atoms with Crippen LogP contribution >= 0.6 is 54.5 Å². The Balaban J connectivity index is 1.57. The van der Waals surface area contributed by atoms with Crippen molar-refractivity contribution in [1.29, 1.82) is 0 Å². The average Bonchev–Trinajstić information content (AvgIpc) is 3.09. The van der Waals surface area contributed by atoms with E-state index in [1.165, 1.54) is 35.5 Å². The number of amides is 1. The third kappa shape index (κ3) is 4.63. The molecule has 1 aliphatic rings. The molecule has 0 unspecified atom stereocenters. The second-order valence-electron chi connectivity index (χ2n) is 5.79. The molecular formula is C15H17Br2N3OS2. The number of rotatable bonds is 4. The van der Waals surface area contributed by atoms with E-state index >= 15 is 0 Å². The van der Waals surface area contributed by atoms with Gasteiger partial charge in [0.05, 0.1) is 14.4 Å².